The van der Waals surface area contributed by atoms with Crippen LogP contribution in [0.4, 0.5) is 5.69 Å². The van der Waals surface area contributed by atoms with E-state index in [9.17, 15) is 0 Å². The van der Waals surface area contributed by atoms with Crippen LogP contribution >= 0.6 is 51.2 Å². The standard InChI is InChI=1S/C15H18BrN3S.HI/c1-10(2)11-4-3-5-13(6-11)19-15(17)18-8-14-7-12(16)9-20-14;/h3-7,9-10H,8H2,1-2H3,(H3,17,18,19);1H. The van der Waals surface area contributed by atoms with Gasteiger partial charge in [0.15, 0.2) is 5.96 Å². The van der Waals surface area contributed by atoms with Crippen molar-refractivity contribution in [2.45, 2.75) is 26.3 Å². The topological polar surface area (TPSA) is 50.4 Å². The summed E-state index contributed by atoms with van der Waals surface area (Å²) < 4.78 is 1.09. The van der Waals surface area contributed by atoms with Crippen LogP contribution < -0.4 is 11.1 Å². The van der Waals surface area contributed by atoms with Gasteiger partial charge in [-0.2, -0.15) is 0 Å². The van der Waals surface area contributed by atoms with E-state index in [1.807, 2.05) is 17.5 Å². The summed E-state index contributed by atoms with van der Waals surface area (Å²) in [5.41, 5.74) is 8.18. The maximum atomic E-state index is 5.92. The number of halogens is 2. The highest BCUT2D eigenvalue weighted by Gasteiger charge is 2.01. The lowest BCUT2D eigenvalue weighted by molar-refractivity contribution is 0.867. The summed E-state index contributed by atoms with van der Waals surface area (Å²) in [5, 5.41) is 5.18. The summed E-state index contributed by atoms with van der Waals surface area (Å²) in [6.45, 7) is 4.94. The van der Waals surface area contributed by atoms with Crippen molar-refractivity contribution in [3.05, 3.63) is 50.6 Å². The quantitative estimate of drug-likeness (QED) is 0.360. The Morgan fingerprint density at radius 2 is 2.14 bits per heavy atom. The van der Waals surface area contributed by atoms with E-state index in [4.69, 9.17) is 5.73 Å². The zero-order chi connectivity index (χ0) is 14.5. The lowest BCUT2D eigenvalue weighted by atomic mass is 10.0. The number of benzene rings is 1. The summed E-state index contributed by atoms with van der Waals surface area (Å²) in [6.07, 6.45) is 0. The number of rotatable bonds is 4. The number of nitrogens with zero attached hydrogens (tertiary/aromatic N) is 1. The van der Waals surface area contributed by atoms with E-state index in [0.717, 1.165) is 10.2 Å². The molecule has 6 heteroatoms. The van der Waals surface area contributed by atoms with Gasteiger partial charge in [-0.05, 0) is 45.6 Å². The molecule has 1 aromatic carbocycles. The average Bonchev–Trinajstić information content (AvgIpc) is 2.82. The zero-order valence-electron chi connectivity index (χ0n) is 12.0. The number of anilines is 1. The monoisotopic (exact) mass is 479 g/mol. The molecule has 0 atom stereocenters. The van der Waals surface area contributed by atoms with Gasteiger partial charge in [-0.25, -0.2) is 4.99 Å². The molecule has 2 aromatic rings. The molecule has 0 bridgehead atoms. The molecule has 0 saturated carbocycles. The third-order valence-corrected chi connectivity index (χ3v) is 4.54. The second-order valence-corrected chi connectivity index (χ2v) is 6.75. The van der Waals surface area contributed by atoms with Crippen molar-refractivity contribution in [1.82, 2.24) is 0 Å². The Kier molecular flexibility index (Phi) is 7.69. The van der Waals surface area contributed by atoms with Crippen molar-refractivity contribution < 1.29 is 0 Å². The van der Waals surface area contributed by atoms with Gasteiger partial charge in [0.05, 0.1) is 6.54 Å². The number of hydrogen-bond donors (Lipinski definition) is 2. The smallest absolute Gasteiger partial charge is 0.193 e. The Balaban J connectivity index is 0.00000220. The maximum Gasteiger partial charge on any atom is 0.193 e. The van der Waals surface area contributed by atoms with Crippen LogP contribution in [0, 0.1) is 0 Å². The van der Waals surface area contributed by atoms with Crippen LogP contribution in [-0.2, 0) is 6.54 Å². The number of nitrogens with two attached hydrogens (primary N) is 1. The predicted octanol–water partition coefficient (Wildman–Crippen LogP) is 5.18. The minimum atomic E-state index is 0. The highest BCUT2D eigenvalue weighted by molar-refractivity contribution is 14.0. The molecule has 0 aliphatic rings. The van der Waals surface area contributed by atoms with E-state index in [2.05, 4.69) is 58.3 Å². The van der Waals surface area contributed by atoms with Crippen molar-refractivity contribution >= 4 is 62.9 Å². The fraction of sp³-hybridized carbons (Fsp3) is 0.267. The molecule has 1 heterocycles. The van der Waals surface area contributed by atoms with Gasteiger partial charge in [-0.1, -0.05) is 26.0 Å². The van der Waals surface area contributed by atoms with Gasteiger partial charge >= 0.3 is 0 Å². The Bertz CT molecular complexity index is 610. The Labute approximate surface area is 155 Å². The lowest BCUT2D eigenvalue weighted by Crippen LogP contribution is -2.22. The summed E-state index contributed by atoms with van der Waals surface area (Å²) in [5.74, 6) is 0.939. The lowest BCUT2D eigenvalue weighted by Gasteiger charge is -2.09. The first-order chi connectivity index (χ1) is 9.54. The third-order valence-electron chi connectivity index (χ3n) is 2.85. The van der Waals surface area contributed by atoms with Crippen molar-refractivity contribution in [3.63, 3.8) is 0 Å². The first-order valence-electron chi connectivity index (χ1n) is 6.44. The van der Waals surface area contributed by atoms with Crippen LogP contribution in [-0.4, -0.2) is 5.96 Å². The van der Waals surface area contributed by atoms with Crippen LogP contribution in [0.1, 0.15) is 30.2 Å². The van der Waals surface area contributed by atoms with Gasteiger partial charge in [-0.15, -0.1) is 35.3 Å². The van der Waals surface area contributed by atoms with Crippen LogP contribution in [0.2, 0.25) is 0 Å². The summed E-state index contributed by atoms with van der Waals surface area (Å²) in [7, 11) is 0. The van der Waals surface area contributed by atoms with E-state index in [1.165, 1.54) is 10.4 Å². The minimum absolute atomic E-state index is 0. The first kappa shape index (κ1) is 18.4. The molecule has 0 spiro atoms. The van der Waals surface area contributed by atoms with Crippen molar-refractivity contribution in [2.75, 3.05) is 5.32 Å². The number of hydrogen-bond acceptors (Lipinski definition) is 2. The molecule has 0 radical (unpaired) electrons. The fourth-order valence-electron chi connectivity index (χ4n) is 1.76. The van der Waals surface area contributed by atoms with Gasteiger partial charge in [0, 0.05) is 20.4 Å². The van der Waals surface area contributed by atoms with E-state index in [1.54, 1.807) is 11.3 Å². The van der Waals surface area contributed by atoms with Gasteiger partial charge < -0.3 is 11.1 Å². The fourth-order valence-corrected chi connectivity index (χ4v) is 3.14. The van der Waals surface area contributed by atoms with Gasteiger partial charge in [-0.3, -0.25) is 0 Å². The predicted molar refractivity (Wildman–Crippen MR) is 107 cm³/mol. The van der Waals surface area contributed by atoms with Crippen LogP contribution in [0.25, 0.3) is 0 Å². The number of aliphatic imine (C=N–C) groups is 1. The zero-order valence-corrected chi connectivity index (χ0v) is 16.7. The normalized spacial score (nSPS) is 11.3. The van der Waals surface area contributed by atoms with Gasteiger partial charge in [0.1, 0.15) is 0 Å². The molecule has 0 saturated heterocycles. The number of nitrogens with one attached hydrogen (secondary N) is 1. The average molecular weight is 480 g/mol. The van der Waals surface area contributed by atoms with Crippen LogP contribution in [0.3, 0.4) is 0 Å². The van der Waals surface area contributed by atoms with E-state index >= 15 is 0 Å². The molecule has 2 rings (SSSR count). The van der Waals surface area contributed by atoms with Crippen LogP contribution in [0.5, 0.6) is 0 Å². The molecule has 0 amide bonds. The molecular formula is C15H19BrIN3S. The minimum Gasteiger partial charge on any atom is -0.370 e. The molecule has 3 N–H and O–H groups in total. The van der Waals surface area contributed by atoms with E-state index in [-0.39, 0.29) is 24.0 Å². The Hall–Kier alpha value is -0.600. The molecule has 21 heavy (non-hydrogen) atoms. The summed E-state index contributed by atoms with van der Waals surface area (Å²) >= 11 is 5.10. The highest BCUT2D eigenvalue weighted by Crippen LogP contribution is 2.21. The van der Waals surface area contributed by atoms with Crippen molar-refractivity contribution in [3.8, 4) is 0 Å². The molecule has 0 fully saturated rings. The largest absolute Gasteiger partial charge is 0.370 e. The van der Waals surface area contributed by atoms with E-state index < -0.39 is 0 Å². The second-order valence-electron chi connectivity index (χ2n) is 4.84. The maximum absolute atomic E-state index is 5.92. The first-order valence-corrected chi connectivity index (χ1v) is 8.11. The Morgan fingerprint density at radius 3 is 2.76 bits per heavy atom. The SMILES string of the molecule is CC(C)c1cccc(NC(N)=NCc2cc(Br)cs2)c1.I. The molecule has 114 valence electrons. The molecule has 0 aliphatic carbocycles. The third kappa shape index (κ3) is 5.96. The number of thiophene rings is 1. The molecule has 3 nitrogen and oxygen atoms in total. The second kappa shape index (κ2) is 8.75. The highest BCUT2D eigenvalue weighted by atomic mass is 127. The van der Waals surface area contributed by atoms with Crippen LogP contribution in [0.15, 0.2) is 45.2 Å². The molecule has 0 aliphatic heterocycles. The van der Waals surface area contributed by atoms with Crippen molar-refractivity contribution in [2.24, 2.45) is 10.7 Å². The molecular weight excluding hydrogens is 461 g/mol. The Morgan fingerprint density at radius 1 is 1.38 bits per heavy atom. The van der Waals surface area contributed by atoms with Gasteiger partial charge in [0.25, 0.3) is 0 Å². The molecule has 1 aromatic heterocycles. The summed E-state index contributed by atoms with van der Waals surface area (Å²) in [6, 6.07) is 10.3. The van der Waals surface area contributed by atoms with Gasteiger partial charge in [0.2, 0.25) is 0 Å². The molecule has 0 unspecified atom stereocenters. The van der Waals surface area contributed by atoms with Crippen molar-refractivity contribution in [1.29, 1.82) is 0 Å². The summed E-state index contributed by atoms with van der Waals surface area (Å²) in [4.78, 5) is 5.53. The van der Waals surface area contributed by atoms with E-state index in [0.29, 0.717) is 18.4 Å². The number of guanidine groups is 1.